The van der Waals surface area contributed by atoms with Gasteiger partial charge in [0.25, 0.3) is 0 Å². The van der Waals surface area contributed by atoms with Crippen molar-refractivity contribution >= 4 is 17.5 Å². The summed E-state index contributed by atoms with van der Waals surface area (Å²) in [5, 5.41) is 4.39. The lowest BCUT2D eigenvalue weighted by Gasteiger charge is -2.44. The molecule has 0 saturated carbocycles. The quantitative estimate of drug-likeness (QED) is 0.444. The van der Waals surface area contributed by atoms with Gasteiger partial charge in [-0.05, 0) is 43.5 Å². The molecule has 1 aromatic heterocycles. The van der Waals surface area contributed by atoms with Crippen molar-refractivity contribution in [2.24, 2.45) is 7.05 Å². The van der Waals surface area contributed by atoms with Crippen LogP contribution in [0.2, 0.25) is 0 Å². The van der Waals surface area contributed by atoms with Gasteiger partial charge < -0.3 is 9.80 Å². The molecular formula is C26H27F4N5O. The van der Waals surface area contributed by atoms with E-state index in [1.165, 1.54) is 29.2 Å². The summed E-state index contributed by atoms with van der Waals surface area (Å²) < 4.78 is 57.3. The summed E-state index contributed by atoms with van der Waals surface area (Å²) in [6.45, 7) is 4.77. The number of halogens is 4. The number of aryl methyl sites for hydroxylation is 2. The van der Waals surface area contributed by atoms with E-state index < -0.39 is 23.3 Å². The molecule has 2 amide bonds. The average Bonchev–Trinajstić information content (AvgIpc) is 3.38. The molecule has 0 N–H and O–H groups in total. The van der Waals surface area contributed by atoms with Crippen molar-refractivity contribution in [1.82, 2.24) is 14.7 Å². The number of aromatic nitrogens is 2. The molecule has 0 bridgehead atoms. The summed E-state index contributed by atoms with van der Waals surface area (Å²) in [7, 11) is 1.72. The number of anilines is 2. The molecule has 2 aromatic carbocycles. The van der Waals surface area contributed by atoms with Crippen LogP contribution in [0.5, 0.6) is 0 Å². The SMILES string of the molecule is Cc1cccc(F)c1N1CC[C@@](C)(N2Cc3cn(C)nc3N(Cc3ccccc3C(F)(F)F)C2=O)C1. The fraction of sp³-hybridized carbons (Fsp3) is 0.385. The Morgan fingerprint density at radius 1 is 1.11 bits per heavy atom. The van der Waals surface area contributed by atoms with Gasteiger partial charge in [0.2, 0.25) is 0 Å². The van der Waals surface area contributed by atoms with Crippen LogP contribution in [-0.4, -0.2) is 39.3 Å². The van der Waals surface area contributed by atoms with Crippen molar-refractivity contribution in [3.05, 3.63) is 76.7 Å². The fourth-order valence-corrected chi connectivity index (χ4v) is 5.39. The normalized spacial score (nSPS) is 20.3. The van der Waals surface area contributed by atoms with Crippen LogP contribution in [0.3, 0.4) is 0 Å². The fourth-order valence-electron chi connectivity index (χ4n) is 5.39. The Kier molecular flexibility index (Phi) is 5.72. The van der Waals surface area contributed by atoms with Gasteiger partial charge in [-0.3, -0.25) is 9.58 Å². The predicted octanol–water partition coefficient (Wildman–Crippen LogP) is 5.50. The Labute approximate surface area is 206 Å². The first-order valence-corrected chi connectivity index (χ1v) is 11.7. The van der Waals surface area contributed by atoms with E-state index in [0.717, 1.165) is 17.2 Å². The number of urea groups is 1. The van der Waals surface area contributed by atoms with Crippen LogP contribution < -0.4 is 9.80 Å². The lowest BCUT2D eigenvalue weighted by molar-refractivity contribution is -0.138. The van der Waals surface area contributed by atoms with Crippen LogP contribution in [-0.2, 0) is 26.3 Å². The van der Waals surface area contributed by atoms with E-state index in [-0.39, 0.29) is 24.5 Å². The van der Waals surface area contributed by atoms with Gasteiger partial charge in [-0.15, -0.1) is 0 Å². The van der Waals surface area contributed by atoms with E-state index in [9.17, 15) is 22.4 Å². The maximum absolute atomic E-state index is 14.7. The lowest BCUT2D eigenvalue weighted by Crippen LogP contribution is -2.57. The second kappa shape index (κ2) is 8.53. The van der Waals surface area contributed by atoms with E-state index >= 15 is 0 Å². The van der Waals surface area contributed by atoms with Crippen LogP contribution in [0.4, 0.5) is 33.9 Å². The highest BCUT2D eigenvalue weighted by atomic mass is 19.4. The van der Waals surface area contributed by atoms with Crippen LogP contribution in [0, 0.1) is 12.7 Å². The smallest absolute Gasteiger partial charge is 0.367 e. The van der Waals surface area contributed by atoms with Gasteiger partial charge in [0.15, 0.2) is 5.82 Å². The van der Waals surface area contributed by atoms with Crippen LogP contribution in [0.1, 0.15) is 35.6 Å². The summed E-state index contributed by atoms with van der Waals surface area (Å²) in [4.78, 5) is 18.8. The molecule has 190 valence electrons. The molecular weight excluding hydrogens is 474 g/mol. The summed E-state index contributed by atoms with van der Waals surface area (Å²) in [6.07, 6.45) is -2.17. The summed E-state index contributed by atoms with van der Waals surface area (Å²) >= 11 is 0. The Balaban J connectivity index is 1.49. The van der Waals surface area contributed by atoms with Crippen molar-refractivity contribution < 1.29 is 22.4 Å². The molecule has 1 fully saturated rings. The molecule has 36 heavy (non-hydrogen) atoms. The Bertz CT molecular complexity index is 1300. The zero-order valence-corrected chi connectivity index (χ0v) is 20.3. The van der Waals surface area contributed by atoms with Gasteiger partial charge in [0.05, 0.1) is 29.9 Å². The van der Waals surface area contributed by atoms with E-state index in [2.05, 4.69) is 5.10 Å². The number of carbonyl (C=O) groups excluding carboxylic acids is 1. The van der Waals surface area contributed by atoms with Gasteiger partial charge in [-0.2, -0.15) is 18.3 Å². The minimum Gasteiger partial charge on any atom is -0.367 e. The Morgan fingerprint density at radius 3 is 2.58 bits per heavy atom. The number of rotatable bonds is 4. The van der Waals surface area contributed by atoms with E-state index in [4.69, 9.17) is 0 Å². The maximum atomic E-state index is 14.7. The number of alkyl halides is 3. The third kappa shape index (κ3) is 4.08. The van der Waals surface area contributed by atoms with Crippen LogP contribution >= 0.6 is 0 Å². The summed E-state index contributed by atoms with van der Waals surface area (Å²) in [5.41, 5.74) is 0.648. The largest absolute Gasteiger partial charge is 0.416 e. The summed E-state index contributed by atoms with van der Waals surface area (Å²) in [6, 6.07) is 9.80. The molecule has 0 spiro atoms. The zero-order chi connectivity index (χ0) is 25.8. The van der Waals surface area contributed by atoms with Crippen molar-refractivity contribution in [2.45, 2.75) is 45.1 Å². The van der Waals surface area contributed by atoms with E-state index in [1.807, 2.05) is 24.8 Å². The predicted molar refractivity (Wildman–Crippen MR) is 128 cm³/mol. The third-order valence-corrected chi connectivity index (χ3v) is 7.19. The highest BCUT2D eigenvalue weighted by molar-refractivity contribution is 5.94. The standard InChI is InChI=1S/C26H27F4N5O/c1-17-7-6-10-21(27)22(17)33-12-11-25(2,16-33)35-15-19-13-32(3)31-23(19)34(24(35)36)14-18-8-4-5-9-20(18)26(28,29)30/h4-10,13H,11-12,14-16H2,1-3H3/t25-/m1/s1. The minimum atomic E-state index is -4.54. The molecule has 3 heterocycles. The first-order chi connectivity index (χ1) is 17.0. The number of hydrogen-bond acceptors (Lipinski definition) is 3. The molecule has 6 nitrogen and oxygen atoms in total. The maximum Gasteiger partial charge on any atom is 0.416 e. The first kappa shape index (κ1) is 24.1. The molecule has 10 heteroatoms. The first-order valence-electron chi connectivity index (χ1n) is 11.7. The Morgan fingerprint density at radius 2 is 1.86 bits per heavy atom. The molecule has 5 rings (SSSR count). The lowest BCUT2D eigenvalue weighted by atomic mass is 9.97. The molecule has 0 radical (unpaired) electrons. The Hall–Kier alpha value is -3.56. The molecule has 0 unspecified atom stereocenters. The summed E-state index contributed by atoms with van der Waals surface area (Å²) in [5.74, 6) is 0.0447. The second-order valence-corrected chi connectivity index (χ2v) is 9.84. The molecule has 2 aliphatic heterocycles. The van der Waals surface area contributed by atoms with Crippen molar-refractivity contribution in [3.63, 3.8) is 0 Å². The third-order valence-electron chi connectivity index (χ3n) is 7.19. The number of para-hydroxylation sites is 1. The van der Waals surface area contributed by atoms with Gasteiger partial charge in [-0.1, -0.05) is 30.3 Å². The minimum absolute atomic E-state index is 0.00279. The van der Waals surface area contributed by atoms with Crippen molar-refractivity contribution in [2.75, 3.05) is 22.9 Å². The highest BCUT2D eigenvalue weighted by Gasteiger charge is 2.47. The number of hydrogen-bond donors (Lipinski definition) is 0. The zero-order valence-electron chi connectivity index (χ0n) is 20.3. The second-order valence-electron chi connectivity index (χ2n) is 9.84. The highest BCUT2D eigenvalue weighted by Crippen LogP contribution is 2.40. The number of amides is 2. The molecule has 1 atom stereocenters. The van der Waals surface area contributed by atoms with Crippen molar-refractivity contribution in [1.29, 1.82) is 0 Å². The number of fused-ring (bicyclic) bond motifs is 1. The van der Waals surface area contributed by atoms with Crippen molar-refractivity contribution in [3.8, 4) is 0 Å². The number of carbonyl (C=O) groups is 1. The van der Waals surface area contributed by atoms with Crippen LogP contribution in [0.15, 0.2) is 48.7 Å². The van der Waals surface area contributed by atoms with Gasteiger partial charge in [-0.25, -0.2) is 9.18 Å². The van der Waals surface area contributed by atoms with Gasteiger partial charge >= 0.3 is 12.2 Å². The van der Waals surface area contributed by atoms with Gasteiger partial charge in [0.1, 0.15) is 5.82 Å². The number of benzene rings is 2. The molecule has 2 aliphatic rings. The monoisotopic (exact) mass is 501 g/mol. The van der Waals surface area contributed by atoms with E-state index in [1.54, 1.807) is 28.9 Å². The molecule has 0 aliphatic carbocycles. The molecule has 3 aromatic rings. The molecule has 1 saturated heterocycles. The van der Waals surface area contributed by atoms with E-state index in [0.29, 0.717) is 31.0 Å². The average molecular weight is 502 g/mol. The van der Waals surface area contributed by atoms with Gasteiger partial charge in [0, 0.05) is 31.9 Å². The number of nitrogens with zero attached hydrogens (tertiary/aromatic N) is 5. The van der Waals surface area contributed by atoms with Crippen LogP contribution in [0.25, 0.3) is 0 Å². The topological polar surface area (TPSA) is 44.6 Å².